The third-order valence-corrected chi connectivity index (χ3v) is 4.22. The van der Waals surface area contributed by atoms with Crippen LogP contribution in [0.5, 0.6) is 0 Å². The average molecular weight is 250 g/mol. The van der Waals surface area contributed by atoms with Crippen molar-refractivity contribution in [1.29, 1.82) is 0 Å². The van der Waals surface area contributed by atoms with Gasteiger partial charge in [0.1, 0.15) is 0 Å². The smallest absolute Gasteiger partial charge is 0.163 e. The first kappa shape index (κ1) is 12.2. The number of benzene rings is 2. The van der Waals surface area contributed by atoms with Gasteiger partial charge in [-0.25, -0.2) is 0 Å². The van der Waals surface area contributed by atoms with Crippen LogP contribution in [0, 0.1) is 13.8 Å². The van der Waals surface area contributed by atoms with Crippen molar-refractivity contribution in [3.8, 4) is 0 Å². The van der Waals surface area contributed by atoms with Crippen LogP contribution >= 0.6 is 0 Å². The molecule has 0 aromatic heterocycles. The van der Waals surface area contributed by atoms with Crippen LogP contribution in [-0.2, 0) is 6.42 Å². The van der Waals surface area contributed by atoms with Crippen molar-refractivity contribution in [1.82, 2.24) is 0 Å². The molecule has 0 bridgehead atoms. The zero-order chi connectivity index (χ0) is 13.4. The molecule has 3 rings (SSSR count). The Bertz CT molecular complexity index is 640. The van der Waals surface area contributed by atoms with Gasteiger partial charge >= 0.3 is 0 Å². The Morgan fingerprint density at radius 2 is 1.89 bits per heavy atom. The van der Waals surface area contributed by atoms with Gasteiger partial charge in [0.05, 0.1) is 0 Å². The van der Waals surface area contributed by atoms with Gasteiger partial charge in [-0.05, 0) is 54.5 Å². The lowest BCUT2D eigenvalue weighted by atomic mass is 9.74. The molecule has 0 spiro atoms. The summed E-state index contributed by atoms with van der Waals surface area (Å²) in [5, 5.41) is 0. The van der Waals surface area contributed by atoms with Crippen LogP contribution in [-0.4, -0.2) is 5.78 Å². The molecule has 1 nitrogen and oxygen atoms in total. The zero-order valence-electron chi connectivity index (χ0n) is 11.4. The molecule has 2 aromatic rings. The molecular formula is C18H18O. The number of hydrogen-bond donors (Lipinski definition) is 0. The van der Waals surface area contributed by atoms with Gasteiger partial charge in [-0.3, -0.25) is 4.79 Å². The molecule has 0 N–H and O–H groups in total. The van der Waals surface area contributed by atoms with E-state index in [0.717, 1.165) is 12.0 Å². The number of Topliss-reactive ketones (excluding diaryl/α,β-unsaturated/α-hetero) is 1. The van der Waals surface area contributed by atoms with Crippen molar-refractivity contribution >= 4 is 5.78 Å². The van der Waals surface area contributed by atoms with Gasteiger partial charge < -0.3 is 0 Å². The summed E-state index contributed by atoms with van der Waals surface area (Å²) < 4.78 is 0. The molecule has 1 aliphatic carbocycles. The summed E-state index contributed by atoms with van der Waals surface area (Å²) in [6, 6.07) is 14.4. The predicted octanol–water partition coefficient (Wildman–Crippen LogP) is 4.22. The Kier molecular flexibility index (Phi) is 2.98. The second-order valence-corrected chi connectivity index (χ2v) is 5.53. The number of rotatable bonds is 3. The Balaban J connectivity index is 1.75. The fourth-order valence-electron chi connectivity index (χ4n) is 2.80. The van der Waals surface area contributed by atoms with Gasteiger partial charge in [-0.15, -0.1) is 0 Å². The Labute approximate surface area is 114 Å². The van der Waals surface area contributed by atoms with E-state index in [1.165, 1.54) is 22.3 Å². The Hall–Kier alpha value is -1.89. The molecule has 96 valence electrons. The molecule has 0 saturated carbocycles. The highest BCUT2D eigenvalue weighted by molar-refractivity contribution is 5.97. The SMILES string of the molecule is Cc1ccc(C(=O)CC2Cc3ccccc32)cc1C. The first-order valence-corrected chi connectivity index (χ1v) is 6.83. The van der Waals surface area contributed by atoms with Crippen LogP contribution in [0.4, 0.5) is 0 Å². The highest BCUT2D eigenvalue weighted by Gasteiger charge is 2.27. The van der Waals surface area contributed by atoms with E-state index >= 15 is 0 Å². The Morgan fingerprint density at radius 3 is 2.63 bits per heavy atom. The summed E-state index contributed by atoms with van der Waals surface area (Å²) in [5.74, 6) is 0.688. The zero-order valence-corrected chi connectivity index (χ0v) is 11.4. The maximum Gasteiger partial charge on any atom is 0.163 e. The summed E-state index contributed by atoms with van der Waals surface area (Å²) in [5.41, 5.74) is 6.05. The highest BCUT2D eigenvalue weighted by Crippen LogP contribution is 2.37. The monoisotopic (exact) mass is 250 g/mol. The maximum atomic E-state index is 12.3. The largest absolute Gasteiger partial charge is 0.294 e. The quantitative estimate of drug-likeness (QED) is 0.745. The predicted molar refractivity (Wildman–Crippen MR) is 77.8 cm³/mol. The average Bonchev–Trinajstić information content (AvgIpc) is 2.39. The van der Waals surface area contributed by atoms with Crippen LogP contribution < -0.4 is 0 Å². The molecule has 0 fully saturated rings. The second-order valence-electron chi connectivity index (χ2n) is 5.53. The van der Waals surface area contributed by atoms with Gasteiger partial charge in [0, 0.05) is 12.0 Å². The molecule has 0 aliphatic heterocycles. The van der Waals surface area contributed by atoms with Gasteiger partial charge in [0.2, 0.25) is 0 Å². The molecule has 2 aromatic carbocycles. The lowest BCUT2D eigenvalue weighted by molar-refractivity contribution is 0.0970. The molecule has 1 unspecified atom stereocenters. The van der Waals surface area contributed by atoms with Crippen molar-refractivity contribution in [3.05, 3.63) is 70.3 Å². The number of carbonyl (C=O) groups excluding carboxylic acids is 1. The van der Waals surface area contributed by atoms with E-state index in [1.54, 1.807) is 0 Å². The standard InChI is InChI=1S/C18H18O/c1-12-7-8-15(9-13(12)2)18(19)11-16-10-14-5-3-4-6-17(14)16/h3-9,16H,10-11H2,1-2H3. The lowest BCUT2D eigenvalue weighted by Gasteiger charge is -2.29. The number of carbonyl (C=O) groups is 1. The van der Waals surface area contributed by atoms with E-state index < -0.39 is 0 Å². The lowest BCUT2D eigenvalue weighted by Crippen LogP contribution is -2.20. The second kappa shape index (κ2) is 4.65. The summed E-state index contributed by atoms with van der Waals surface area (Å²) in [6.45, 7) is 4.14. The number of aryl methyl sites for hydroxylation is 2. The van der Waals surface area contributed by atoms with Crippen LogP contribution in [0.15, 0.2) is 42.5 Å². The van der Waals surface area contributed by atoms with Gasteiger partial charge in [-0.2, -0.15) is 0 Å². The normalized spacial score (nSPS) is 16.6. The summed E-state index contributed by atoms with van der Waals surface area (Å²) in [7, 11) is 0. The minimum absolute atomic E-state index is 0.266. The molecule has 1 heteroatoms. The molecule has 1 aliphatic rings. The molecule has 19 heavy (non-hydrogen) atoms. The minimum atomic E-state index is 0.266. The topological polar surface area (TPSA) is 17.1 Å². The van der Waals surface area contributed by atoms with Crippen LogP contribution in [0.1, 0.15) is 45.0 Å². The summed E-state index contributed by atoms with van der Waals surface area (Å²) in [4.78, 5) is 12.3. The van der Waals surface area contributed by atoms with Crippen LogP contribution in [0.25, 0.3) is 0 Å². The highest BCUT2D eigenvalue weighted by atomic mass is 16.1. The van der Waals surface area contributed by atoms with Gasteiger partial charge in [0.25, 0.3) is 0 Å². The Morgan fingerprint density at radius 1 is 1.11 bits per heavy atom. The van der Waals surface area contributed by atoms with Crippen molar-refractivity contribution in [3.63, 3.8) is 0 Å². The number of ketones is 1. The molecule has 0 saturated heterocycles. The summed E-state index contributed by atoms with van der Waals surface area (Å²) in [6.07, 6.45) is 1.69. The van der Waals surface area contributed by atoms with Crippen LogP contribution in [0.2, 0.25) is 0 Å². The molecule has 0 radical (unpaired) electrons. The number of fused-ring (bicyclic) bond motifs is 1. The van der Waals surface area contributed by atoms with E-state index in [-0.39, 0.29) is 5.78 Å². The van der Waals surface area contributed by atoms with Crippen LogP contribution in [0.3, 0.4) is 0 Å². The molecule has 0 heterocycles. The van der Waals surface area contributed by atoms with Crippen molar-refractivity contribution in [2.75, 3.05) is 0 Å². The van der Waals surface area contributed by atoms with E-state index in [0.29, 0.717) is 12.3 Å². The van der Waals surface area contributed by atoms with Gasteiger partial charge in [0.15, 0.2) is 5.78 Å². The van der Waals surface area contributed by atoms with Crippen molar-refractivity contribution < 1.29 is 4.79 Å². The van der Waals surface area contributed by atoms with Crippen molar-refractivity contribution in [2.24, 2.45) is 0 Å². The molecular weight excluding hydrogens is 232 g/mol. The van der Waals surface area contributed by atoms with E-state index in [4.69, 9.17) is 0 Å². The van der Waals surface area contributed by atoms with E-state index in [1.807, 2.05) is 18.2 Å². The first-order chi connectivity index (χ1) is 9.15. The fourth-order valence-corrected chi connectivity index (χ4v) is 2.80. The fraction of sp³-hybridized carbons (Fsp3) is 0.278. The first-order valence-electron chi connectivity index (χ1n) is 6.83. The summed E-state index contributed by atoms with van der Waals surface area (Å²) >= 11 is 0. The van der Waals surface area contributed by atoms with E-state index in [2.05, 4.69) is 38.1 Å². The van der Waals surface area contributed by atoms with E-state index in [9.17, 15) is 4.79 Å². The third kappa shape index (κ3) is 2.21. The van der Waals surface area contributed by atoms with Crippen molar-refractivity contribution in [2.45, 2.75) is 32.6 Å². The number of hydrogen-bond acceptors (Lipinski definition) is 1. The minimum Gasteiger partial charge on any atom is -0.294 e. The maximum absolute atomic E-state index is 12.3. The molecule has 1 atom stereocenters. The molecule has 0 amide bonds. The third-order valence-electron chi connectivity index (χ3n) is 4.22. The van der Waals surface area contributed by atoms with Gasteiger partial charge in [-0.1, -0.05) is 36.4 Å².